The van der Waals surface area contributed by atoms with E-state index in [9.17, 15) is 20.2 Å². The number of nitrogens with zero attached hydrogens (tertiary/aromatic N) is 4. The van der Waals surface area contributed by atoms with Crippen LogP contribution in [0.5, 0.6) is 0 Å². The van der Waals surface area contributed by atoms with E-state index in [1.54, 1.807) is 35.0 Å². The molecule has 0 bridgehead atoms. The van der Waals surface area contributed by atoms with Gasteiger partial charge in [0.2, 0.25) is 0 Å². The number of nitro groups is 2. The molecule has 124 valence electrons. The zero-order valence-electron chi connectivity index (χ0n) is 12.1. The first-order chi connectivity index (χ1) is 12.1. The van der Waals surface area contributed by atoms with Crippen molar-refractivity contribution >= 4 is 56.8 Å². The van der Waals surface area contributed by atoms with Crippen molar-refractivity contribution in [2.24, 2.45) is 0 Å². The number of fused-ring (bicyclic) bond motifs is 1. The van der Waals surface area contributed by atoms with Crippen molar-refractivity contribution in [3.63, 3.8) is 0 Å². The summed E-state index contributed by atoms with van der Waals surface area (Å²) in [5.41, 5.74) is -0.167. The highest BCUT2D eigenvalue weighted by Gasteiger charge is 2.39. The van der Waals surface area contributed by atoms with Gasteiger partial charge in [0.15, 0.2) is 0 Å². The fraction of sp³-hybridized carbons (Fsp3) is 0. The first kappa shape index (κ1) is 15.7. The molecular formula is C14H6N4O4S3. The summed E-state index contributed by atoms with van der Waals surface area (Å²) in [5.74, 6) is 0. The average molecular weight is 390 g/mol. The van der Waals surface area contributed by atoms with E-state index >= 15 is 0 Å². The minimum Gasteiger partial charge on any atom is -0.258 e. The second kappa shape index (κ2) is 5.95. The molecule has 25 heavy (non-hydrogen) atoms. The maximum atomic E-state index is 11.8. The Morgan fingerprint density at radius 3 is 1.56 bits per heavy atom. The van der Waals surface area contributed by atoms with Crippen LogP contribution in [-0.2, 0) is 0 Å². The fourth-order valence-corrected chi connectivity index (χ4v) is 4.75. The van der Waals surface area contributed by atoms with E-state index in [0.717, 1.165) is 11.7 Å². The summed E-state index contributed by atoms with van der Waals surface area (Å²) in [4.78, 5) is 23.3. The number of hydrogen-bond donors (Lipinski definition) is 0. The SMILES string of the molecule is O=[N+]([O-])c1c([N+](=O)[O-])c(-c2cccs2)c2nsnc2c1-c1cccs1. The minimum absolute atomic E-state index is 0.149. The lowest BCUT2D eigenvalue weighted by molar-refractivity contribution is -0.421. The van der Waals surface area contributed by atoms with Crippen molar-refractivity contribution in [2.75, 3.05) is 0 Å². The first-order valence-corrected chi connectivity index (χ1v) is 9.27. The molecule has 3 aromatic heterocycles. The van der Waals surface area contributed by atoms with Gasteiger partial charge in [-0.2, -0.15) is 8.75 Å². The van der Waals surface area contributed by atoms with Crippen LogP contribution in [0.4, 0.5) is 11.4 Å². The van der Waals surface area contributed by atoms with E-state index in [-0.39, 0.29) is 11.1 Å². The predicted molar refractivity (Wildman–Crippen MR) is 97.3 cm³/mol. The molecule has 0 aliphatic rings. The number of hydrogen-bond acceptors (Lipinski definition) is 9. The highest BCUT2D eigenvalue weighted by Crippen LogP contribution is 2.50. The van der Waals surface area contributed by atoms with Crippen LogP contribution in [0.1, 0.15) is 0 Å². The van der Waals surface area contributed by atoms with Gasteiger partial charge < -0.3 is 0 Å². The van der Waals surface area contributed by atoms with Crippen LogP contribution in [0.2, 0.25) is 0 Å². The molecular weight excluding hydrogens is 384 g/mol. The zero-order valence-corrected chi connectivity index (χ0v) is 14.6. The molecule has 0 unspecified atom stereocenters. The van der Waals surface area contributed by atoms with E-state index in [1.807, 2.05) is 0 Å². The number of thiophene rings is 2. The minimum atomic E-state index is -0.705. The predicted octanol–water partition coefficient (Wildman–Crippen LogP) is 4.96. The average Bonchev–Trinajstić information content (AvgIpc) is 3.32. The summed E-state index contributed by atoms with van der Waals surface area (Å²) >= 11 is 3.40. The van der Waals surface area contributed by atoms with Gasteiger partial charge in [0.1, 0.15) is 22.2 Å². The smallest absolute Gasteiger partial charge is 0.258 e. The van der Waals surface area contributed by atoms with Crippen LogP contribution in [0.25, 0.3) is 31.9 Å². The zero-order chi connectivity index (χ0) is 17.6. The Balaban J connectivity index is 2.26. The van der Waals surface area contributed by atoms with Crippen LogP contribution in [0.15, 0.2) is 35.0 Å². The third-order valence-corrected chi connectivity index (χ3v) is 5.86. The van der Waals surface area contributed by atoms with Crippen molar-refractivity contribution in [3.8, 4) is 20.9 Å². The summed E-state index contributed by atoms with van der Waals surface area (Å²) in [6, 6.07) is 6.82. The Kier molecular flexibility index (Phi) is 3.75. The lowest BCUT2D eigenvalue weighted by Gasteiger charge is -2.07. The van der Waals surface area contributed by atoms with Gasteiger partial charge in [-0.3, -0.25) is 20.2 Å². The van der Waals surface area contributed by atoms with Gasteiger partial charge in [-0.15, -0.1) is 22.7 Å². The summed E-state index contributed by atoms with van der Waals surface area (Å²) in [5, 5.41) is 27.1. The number of benzene rings is 1. The lowest BCUT2D eigenvalue weighted by Crippen LogP contribution is -2.02. The van der Waals surface area contributed by atoms with E-state index in [4.69, 9.17) is 0 Å². The Bertz CT molecular complexity index is 1020. The van der Waals surface area contributed by atoms with E-state index < -0.39 is 21.2 Å². The summed E-state index contributed by atoms with van der Waals surface area (Å²) in [6.07, 6.45) is 0. The largest absolute Gasteiger partial charge is 0.357 e. The van der Waals surface area contributed by atoms with Gasteiger partial charge in [-0.05, 0) is 22.9 Å². The Hall–Kier alpha value is -2.76. The van der Waals surface area contributed by atoms with Gasteiger partial charge in [0.05, 0.1) is 21.6 Å². The summed E-state index contributed by atoms with van der Waals surface area (Å²) < 4.78 is 8.41. The third-order valence-electron chi connectivity index (χ3n) is 3.56. The van der Waals surface area contributed by atoms with Crippen LogP contribution < -0.4 is 0 Å². The molecule has 0 aliphatic carbocycles. The van der Waals surface area contributed by atoms with Crippen LogP contribution in [0.3, 0.4) is 0 Å². The monoisotopic (exact) mass is 390 g/mol. The molecule has 0 atom stereocenters. The van der Waals surface area contributed by atoms with Gasteiger partial charge in [-0.25, -0.2) is 0 Å². The standard InChI is InChI=1S/C14H6N4O4S3/c19-17(20)13-9(7-3-1-5-23-7)11-12(16-25-15-11)10(14(13)18(21)22)8-4-2-6-24-8/h1-6H. The first-order valence-electron chi connectivity index (χ1n) is 6.78. The molecule has 4 aromatic rings. The highest BCUT2D eigenvalue weighted by molar-refractivity contribution is 7.14. The molecule has 11 heteroatoms. The van der Waals surface area contributed by atoms with E-state index in [0.29, 0.717) is 20.8 Å². The van der Waals surface area contributed by atoms with Crippen LogP contribution in [-0.4, -0.2) is 18.6 Å². The summed E-state index contributed by atoms with van der Waals surface area (Å²) in [6.45, 7) is 0. The van der Waals surface area contributed by atoms with Gasteiger partial charge in [-0.1, -0.05) is 12.1 Å². The van der Waals surface area contributed by atoms with Crippen molar-refractivity contribution in [3.05, 3.63) is 55.3 Å². The molecule has 4 rings (SSSR count). The van der Waals surface area contributed by atoms with Crippen molar-refractivity contribution < 1.29 is 9.85 Å². The van der Waals surface area contributed by atoms with Gasteiger partial charge in [0.25, 0.3) is 0 Å². The maximum absolute atomic E-state index is 11.8. The molecule has 0 saturated heterocycles. The van der Waals surface area contributed by atoms with E-state index in [1.165, 1.54) is 22.7 Å². The molecule has 8 nitrogen and oxygen atoms in total. The number of nitro benzene ring substituents is 2. The van der Waals surface area contributed by atoms with Crippen molar-refractivity contribution in [1.29, 1.82) is 0 Å². The topological polar surface area (TPSA) is 112 Å². The van der Waals surface area contributed by atoms with Gasteiger partial charge in [0, 0.05) is 9.75 Å². The summed E-state index contributed by atoms with van der Waals surface area (Å²) in [7, 11) is 0. The highest BCUT2D eigenvalue weighted by atomic mass is 32.1. The molecule has 0 saturated carbocycles. The Morgan fingerprint density at radius 2 is 1.24 bits per heavy atom. The van der Waals surface area contributed by atoms with Crippen LogP contribution >= 0.6 is 34.4 Å². The fourth-order valence-electron chi connectivity index (χ4n) is 2.64. The second-order valence-electron chi connectivity index (χ2n) is 4.88. The quantitative estimate of drug-likeness (QED) is 0.359. The van der Waals surface area contributed by atoms with E-state index in [2.05, 4.69) is 8.75 Å². The van der Waals surface area contributed by atoms with Gasteiger partial charge >= 0.3 is 11.4 Å². The molecule has 1 aromatic carbocycles. The number of rotatable bonds is 4. The maximum Gasteiger partial charge on any atom is 0.357 e. The Labute approximate surface area is 151 Å². The lowest BCUT2D eigenvalue weighted by atomic mass is 10.0. The third kappa shape index (κ3) is 2.40. The van der Waals surface area contributed by atoms with Crippen molar-refractivity contribution in [1.82, 2.24) is 8.75 Å². The second-order valence-corrected chi connectivity index (χ2v) is 7.30. The molecule has 0 spiro atoms. The number of aromatic nitrogens is 2. The molecule has 0 aliphatic heterocycles. The van der Waals surface area contributed by atoms with Crippen LogP contribution in [0, 0.1) is 20.2 Å². The molecule has 0 radical (unpaired) electrons. The molecule has 0 fully saturated rings. The molecule has 0 N–H and O–H groups in total. The molecule has 0 amide bonds. The normalized spacial score (nSPS) is 11.0. The molecule has 3 heterocycles. The Morgan fingerprint density at radius 1 is 0.800 bits per heavy atom. The van der Waals surface area contributed by atoms with Crippen molar-refractivity contribution in [2.45, 2.75) is 0 Å².